The molecule has 2 rings (SSSR count). The van der Waals surface area contributed by atoms with Gasteiger partial charge in [0.15, 0.2) is 6.29 Å². The van der Waals surface area contributed by atoms with Crippen molar-refractivity contribution in [1.29, 1.82) is 0 Å². The summed E-state index contributed by atoms with van der Waals surface area (Å²) in [7, 11) is 1.28. The molecular weight excluding hydrogens is 350 g/mol. The van der Waals surface area contributed by atoms with Gasteiger partial charge in [0.25, 0.3) is 0 Å². The molecule has 0 aromatic heterocycles. The Bertz CT molecular complexity index is 762. The number of benzene rings is 2. The molecule has 0 spiro atoms. The lowest BCUT2D eigenvalue weighted by atomic mass is 10.2. The quantitative estimate of drug-likeness (QED) is 0.557. The van der Waals surface area contributed by atoms with Gasteiger partial charge in [-0.3, -0.25) is 5.32 Å². The van der Waals surface area contributed by atoms with E-state index in [1.54, 1.807) is 13.0 Å². The summed E-state index contributed by atoms with van der Waals surface area (Å²) in [5.41, 5.74) is 1.44. The van der Waals surface area contributed by atoms with Crippen molar-refractivity contribution >= 4 is 17.7 Å². The van der Waals surface area contributed by atoms with Gasteiger partial charge in [-0.1, -0.05) is 30.3 Å². The van der Waals surface area contributed by atoms with Crippen molar-refractivity contribution in [2.75, 3.05) is 19.0 Å². The first kappa shape index (κ1) is 20.3. The highest BCUT2D eigenvalue weighted by atomic mass is 16.7. The molecule has 144 valence electrons. The van der Waals surface area contributed by atoms with Crippen LogP contribution in [0.4, 0.5) is 10.5 Å². The third kappa shape index (κ3) is 6.63. The summed E-state index contributed by atoms with van der Waals surface area (Å²) in [5, 5.41) is 2.59. The molecule has 0 aliphatic rings. The fraction of sp³-hybridized carbons (Fsp3) is 0.300. The Kier molecular flexibility index (Phi) is 7.63. The van der Waals surface area contributed by atoms with E-state index in [-0.39, 0.29) is 12.2 Å². The third-order valence-corrected chi connectivity index (χ3v) is 3.49. The van der Waals surface area contributed by atoms with Crippen LogP contribution in [-0.4, -0.2) is 32.1 Å². The molecule has 1 amide bonds. The lowest BCUT2D eigenvalue weighted by molar-refractivity contribution is -0.0613. The van der Waals surface area contributed by atoms with Crippen LogP contribution in [0.2, 0.25) is 0 Å². The maximum Gasteiger partial charge on any atom is 0.411 e. The zero-order valence-corrected chi connectivity index (χ0v) is 15.6. The lowest BCUT2D eigenvalue weighted by Gasteiger charge is -2.16. The first-order valence-corrected chi connectivity index (χ1v) is 8.51. The largest absolute Gasteiger partial charge is 0.465 e. The molecule has 7 nitrogen and oxygen atoms in total. The predicted octanol–water partition coefficient (Wildman–Crippen LogP) is 3.98. The summed E-state index contributed by atoms with van der Waals surface area (Å²) in [5.74, 6) is -0.192. The minimum Gasteiger partial charge on any atom is -0.465 e. The van der Waals surface area contributed by atoms with Crippen LogP contribution in [0.25, 0.3) is 0 Å². The van der Waals surface area contributed by atoms with Gasteiger partial charge < -0.3 is 18.9 Å². The molecule has 27 heavy (non-hydrogen) atoms. The summed E-state index contributed by atoms with van der Waals surface area (Å²) in [4.78, 5) is 23.9. The van der Waals surface area contributed by atoms with Crippen molar-refractivity contribution in [3.05, 3.63) is 59.7 Å². The first-order chi connectivity index (χ1) is 13.0. The SMILES string of the molecule is CCOC(C)Oc1cc(NC(=O)OCc2ccccc2)cc(C(=O)OC)c1. The second-order valence-corrected chi connectivity index (χ2v) is 5.57. The van der Waals surface area contributed by atoms with Crippen LogP contribution in [0.3, 0.4) is 0 Å². The Hall–Kier alpha value is -3.06. The number of amides is 1. The van der Waals surface area contributed by atoms with Crippen molar-refractivity contribution < 1.29 is 28.5 Å². The minimum atomic E-state index is -0.648. The molecule has 0 heterocycles. The fourth-order valence-corrected chi connectivity index (χ4v) is 2.31. The standard InChI is InChI=1S/C20H23NO6/c1-4-25-14(2)27-18-11-16(19(22)24-3)10-17(12-18)21-20(23)26-13-15-8-6-5-7-9-15/h5-12,14H,4,13H2,1-3H3,(H,21,23). The Morgan fingerprint density at radius 3 is 2.52 bits per heavy atom. The predicted molar refractivity (Wildman–Crippen MR) is 99.7 cm³/mol. The van der Waals surface area contributed by atoms with Crippen molar-refractivity contribution in [3.8, 4) is 5.75 Å². The Balaban J connectivity index is 2.08. The molecule has 1 N–H and O–H groups in total. The van der Waals surface area contributed by atoms with E-state index in [0.29, 0.717) is 18.0 Å². The molecule has 0 aliphatic carbocycles. The van der Waals surface area contributed by atoms with E-state index in [1.807, 2.05) is 37.3 Å². The van der Waals surface area contributed by atoms with E-state index in [0.717, 1.165) is 5.56 Å². The molecule has 7 heteroatoms. The lowest BCUT2D eigenvalue weighted by Crippen LogP contribution is -2.17. The Labute approximate surface area is 158 Å². The number of carbonyl (C=O) groups is 2. The van der Waals surface area contributed by atoms with Gasteiger partial charge in [0.2, 0.25) is 0 Å². The van der Waals surface area contributed by atoms with E-state index in [4.69, 9.17) is 18.9 Å². The zero-order chi connectivity index (χ0) is 19.6. The number of anilines is 1. The fourth-order valence-electron chi connectivity index (χ4n) is 2.31. The van der Waals surface area contributed by atoms with Crippen molar-refractivity contribution in [2.24, 2.45) is 0 Å². The van der Waals surface area contributed by atoms with E-state index in [1.165, 1.54) is 19.2 Å². The molecule has 0 saturated heterocycles. The normalized spacial score (nSPS) is 11.4. The molecule has 0 radical (unpaired) electrons. The van der Waals surface area contributed by atoms with Crippen LogP contribution in [0, 0.1) is 0 Å². The van der Waals surface area contributed by atoms with E-state index in [9.17, 15) is 9.59 Å². The molecule has 0 fully saturated rings. The molecule has 0 aliphatic heterocycles. The summed E-state index contributed by atoms with van der Waals surface area (Å²) < 4.78 is 20.9. The number of hydrogen-bond donors (Lipinski definition) is 1. The van der Waals surface area contributed by atoms with Gasteiger partial charge in [0.05, 0.1) is 12.7 Å². The van der Waals surface area contributed by atoms with Gasteiger partial charge in [-0.25, -0.2) is 9.59 Å². The first-order valence-electron chi connectivity index (χ1n) is 8.51. The molecular formula is C20H23NO6. The number of methoxy groups -OCH3 is 1. The number of carbonyl (C=O) groups excluding carboxylic acids is 2. The van der Waals surface area contributed by atoms with E-state index < -0.39 is 18.4 Å². The topological polar surface area (TPSA) is 83.1 Å². The second kappa shape index (κ2) is 10.2. The van der Waals surface area contributed by atoms with E-state index in [2.05, 4.69) is 5.32 Å². The summed E-state index contributed by atoms with van der Waals surface area (Å²) >= 11 is 0. The van der Waals surface area contributed by atoms with Crippen molar-refractivity contribution in [1.82, 2.24) is 0 Å². The molecule has 0 saturated carbocycles. The zero-order valence-electron chi connectivity index (χ0n) is 15.6. The smallest absolute Gasteiger partial charge is 0.411 e. The van der Waals surface area contributed by atoms with Gasteiger partial charge in [-0.15, -0.1) is 0 Å². The van der Waals surface area contributed by atoms with Gasteiger partial charge in [0, 0.05) is 18.4 Å². The maximum atomic E-state index is 12.1. The molecule has 1 unspecified atom stereocenters. The molecule has 2 aromatic rings. The average molecular weight is 373 g/mol. The third-order valence-electron chi connectivity index (χ3n) is 3.49. The number of rotatable bonds is 8. The van der Waals surface area contributed by atoms with Crippen LogP contribution in [0.15, 0.2) is 48.5 Å². The van der Waals surface area contributed by atoms with Gasteiger partial charge in [-0.05, 0) is 31.5 Å². The van der Waals surface area contributed by atoms with Gasteiger partial charge >= 0.3 is 12.1 Å². The average Bonchev–Trinajstić information content (AvgIpc) is 2.66. The number of hydrogen-bond acceptors (Lipinski definition) is 6. The van der Waals surface area contributed by atoms with Crippen LogP contribution < -0.4 is 10.1 Å². The van der Waals surface area contributed by atoms with Crippen LogP contribution in [0.1, 0.15) is 29.8 Å². The van der Waals surface area contributed by atoms with Gasteiger partial charge in [-0.2, -0.15) is 0 Å². The molecule has 0 bridgehead atoms. The van der Waals surface area contributed by atoms with Crippen LogP contribution in [0.5, 0.6) is 5.75 Å². The highest BCUT2D eigenvalue weighted by Crippen LogP contribution is 2.23. The maximum absolute atomic E-state index is 12.1. The highest BCUT2D eigenvalue weighted by Gasteiger charge is 2.13. The summed E-state index contributed by atoms with van der Waals surface area (Å²) in [6.07, 6.45) is -1.16. The van der Waals surface area contributed by atoms with Crippen LogP contribution >= 0.6 is 0 Å². The monoisotopic (exact) mass is 373 g/mol. The number of esters is 1. The van der Waals surface area contributed by atoms with Crippen molar-refractivity contribution in [2.45, 2.75) is 26.7 Å². The van der Waals surface area contributed by atoms with Gasteiger partial charge in [0.1, 0.15) is 12.4 Å². The second-order valence-electron chi connectivity index (χ2n) is 5.57. The van der Waals surface area contributed by atoms with Crippen molar-refractivity contribution in [3.63, 3.8) is 0 Å². The Morgan fingerprint density at radius 1 is 1.11 bits per heavy atom. The summed E-state index contributed by atoms with van der Waals surface area (Å²) in [6.45, 7) is 4.19. The van der Waals surface area contributed by atoms with Crippen LogP contribution in [-0.2, 0) is 20.8 Å². The minimum absolute atomic E-state index is 0.133. The number of nitrogens with one attached hydrogen (secondary N) is 1. The highest BCUT2D eigenvalue weighted by molar-refractivity contribution is 5.93. The molecule has 2 aromatic carbocycles. The summed E-state index contributed by atoms with van der Waals surface area (Å²) in [6, 6.07) is 13.9. The number of ether oxygens (including phenoxy) is 4. The van der Waals surface area contributed by atoms with E-state index >= 15 is 0 Å². The Morgan fingerprint density at radius 2 is 1.85 bits per heavy atom. The molecule has 1 atom stereocenters.